The predicted molar refractivity (Wildman–Crippen MR) is 87.7 cm³/mol. The van der Waals surface area contributed by atoms with Crippen LogP contribution in [0.4, 0.5) is 0 Å². The van der Waals surface area contributed by atoms with Gasteiger partial charge < -0.3 is 4.74 Å². The first-order valence-electron chi connectivity index (χ1n) is 7.80. The second-order valence-corrected chi connectivity index (χ2v) is 7.49. The fraction of sp³-hybridized carbons (Fsp3) is 0.667. The Balaban J connectivity index is 1.91. The summed E-state index contributed by atoms with van der Waals surface area (Å²) in [4.78, 5) is 0. The first kappa shape index (κ1) is 14.6. The van der Waals surface area contributed by atoms with Crippen molar-refractivity contribution in [3.8, 4) is 0 Å². The lowest BCUT2D eigenvalue weighted by molar-refractivity contribution is 0.0412. The third kappa shape index (κ3) is 2.57. The van der Waals surface area contributed by atoms with Gasteiger partial charge in [-0.15, -0.1) is 0 Å². The first-order chi connectivity index (χ1) is 9.55. The van der Waals surface area contributed by atoms with E-state index in [0.717, 1.165) is 24.3 Å². The number of hydrogen-bond acceptors (Lipinski definition) is 1. The Hall–Kier alpha value is -0.340. The van der Waals surface area contributed by atoms with Crippen molar-refractivity contribution in [2.45, 2.75) is 52.6 Å². The maximum atomic E-state index is 6.13. The van der Waals surface area contributed by atoms with Gasteiger partial charge in [0.25, 0.3) is 0 Å². The van der Waals surface area contributed by atoms with Crippen molar-refractivity contribution < 1.29 is 4.74 Å². The van der Waals surface area contributed by atoms with Crippen LogP contribution >= 0.6 is 15.9 Å². The van der Waals surface area contributed by atoms with Gasteiger partial charge in [-0.2, -0.15) is 0 Å². The lowest BCUT2D eigenvalue weighted by atomic mass is 9.74. The van der Waals surface area contributed by atoms with E-state index in [2.05, 4.69) is 48.8 Å². The van der Waals surface area contributed by atoms with Crippen molar-refractivity contribution in [2.24, 2.45) is 11.3 Å². The smallest absolute Gasteiger partial charge is 0.0671 e. The minimum atomic E-state index is 0.311. The molecule has 1 nitrogen and oxygen atoms in total. The molecule has 1 aliphatic carbocycles. The number of halogens is 1. The molecule has 0 N–H and O–H groups in total. The van der Waals surface area contributed by atoms with Crippen LogP contribution in [0.3, 0.4) is 0 Å². The van der Waals surface area contributed by atoms with E-state index in [4.69, 9.17) is 4.74 Å². The fourth-order valence-electron chi connectivity index (χ4n) is 3.96. The van der Waals surface area contributed by atoms with Crippen LogP contribution in [-0.4, -0.2) is 18.0 Å². The number of aryl methyl sites for hydroxylation is 3. The Labute approximate surface area is 131 Å². The highest BCUT2D eigenvalue weighted by Gasteiger charge is 2.50. The molecule has 1 aromatic carbocycles. The molecule has 2 aliphatic rings. The Morgan fingerprint density at radius 3 is 2.40 bits per heavy atom. The minimum Gasteiger partial charge on any atom is -0.377 e. The standard InChI is InChI=1S/C18H25BrO/c1-12-8-13(2)16(14(3)9-12)10-18(11-19)6-7-20-17(18)15-4-5-15/h8-9,15,17H,4-7,10-11H2,1-3H3. The van der Waals surface area contributed by atoms with Gasteiger partial charge in [0, 0.05) is 17.4 Å². The molecule has 1 heterocycles. The van der Waals surface area contributed by atoms with Gasteiger partial charge in [-0.05, 0) is 69.1 Å². The number of ether oxygens (including phenoxy) is 1. The Morgan fingerprint density at radius 2 is 1.85 bits per heavy atom. The van der Waals surface area contributed by atoms with Crippen molar-refractivity contribution in [3.63, 3.8) is 0 Å². The van der Waals surface area contributed by atoms with E-state index in [1.165, 1.54) is 36.0 Å². The van der Waals surface area contributed by atoms with Gasteiger partial charge in [0.1, 0.15) is 0 Å². The molecule has 1 aliphatic heterocycles. The highest BCUT2D eigenvalue weighted by Crippen LogP contribution is 2.50. The summed E-state index contributed by atoms with van der Waals surface area (Å²) in [5.74, 6) is 0.820. The van der Waals surface area contributed by atoms with Crippen molar-refractivity contribution in [1.82, 2.24) is 0 Å². The van der Waals surface area contributed by atoms with Crippen LogP contribution in [0.1, 0.15) is 41.5 Å². The van der Waals surface area contributed by atoms with Crippen molar-refractivity contribution in [2.75, 3.05) is 11.9 Å². The summed E-state index contributed by atoms with van der Waals surface area (Å²) in [6, 6.07) is 4.65. The molecule has 110 valence electrons. The zero-order valence-corrected chi connectivity index (χ0v) is 14.4. The predicted octanol–water partition coefficient (Wildman–Crippen LogP) is 4.73. The fourth-order valence-corrected chi connectivity index (χ4v) is 4.76. The quantitative estimate of drug-likeness (QED) is 0.722. The van der Waals surface area contributed by atoms with Gasteiger partial charge in [-0.3, -0.25) is 0 Å². The maximum absolute atomic E-state index is 6.13. The van der Waals surface area contributed by atoms with E-state index in [0.29, 0.717) is 11.5 Å². The SMILES string of the molecule is Cc1cc(C)c(CC2(CBr)CCOC2C2CC2)c(C)c1. The minimum absolute atomic E-state index is 0.311. The number of hydrogen-bond donors (Lipinski definition) is 0. The van der Waals surface area contributed by atoms with Crippen molar-refractivity contribution >= 4 is 15.9 Å². The van der Waals surface area contributed by atoms with Crippen LogP contribution in [0, 0.1) is 32.1 Å². The molecular weight excluding hydrogens is 312 g/mol. The summed E-state index contributed by atoms with van der Waals surface area (Å²) in [7, 11) is 0. The number of alkyl halides is 1. The van der Waals surface area contributed by atoms with Crippen LogP contribution in [0.25, 0.3) is 0 Å². The van der Waals surface area contributed by atoms with Gasteiger partial charge in [-0.25, -0.2) is 0 Å². The Kier molecular flexibility index (Phi) is 3.98. The van der Waals surface area contributed by atoms with Crippen molar-refractivity contribution in [3.05, 3.63) is 34.4 Å². The summed E-state index contributed by atoms with van der Waals surface area (Å²) >= 11 is 3.81. The maximum Gasteiger partial charge on any atom is 0.0671 e. The molecule has 0 spiro atoms. The lowest BCUT2D eigenvalue weighted by Crippen LogP contribution is -2.37. The van der Waals surface area contributed by atoms with Crippen LogP contribution in [0.15, 0.2) is 12.1 Å². The molecule has 1 saturated heterocycles. The van der Waals surface area contributed by atoms with E-state index in [1.807, 2.05) is 0 Å². The summed E-state index contributed by atoms with van der Waals surface area (Å²) in [6.45, 7) is 7.66. The molecule has 3 rings (SSSR count). The third-order valence-electron chi connectivity index (χ3n) is 5.19. The van der Waals surface area contributed by atoms with E-state index < -0.39 is 0 Å². The monoisotopic (exact) mass is 336 g/mol. The van der Waals surface area contributed by atoms with Crippen LogP contribution in [0.5, 0.6) is 0 Å². The van der Waals surface area contributed by atoms with Gasteiger partial charge in [0.05, 0.1) is 6.10 Å². The summed E-state index contributed by atoms with van der Waals surface area (Å²) < 4.78 is 6.13. The van der Waals surface area contributed by atoms with Crippen molar-refractivity contribution in [1.29, 1.82) is 0 Å². The number of rotatable bonds is 4. The van der Waals surface area contributed by atoms with Gasteiger partial charge >= 0.3 is 0 Å². The molecule has 1 aromatic rings. The Bertz CT molecular complexity index is 483. The topological polar surface area (TPSA) is 9.23 Å². The molecule has 0 amide bonds. The van der Waals surface area contributed by atoms with Gasteiger partial charge in [-0.1, -0.05) is 33.6 Å². The molecule has 0 radical (unpaired) electrons. The second kappa shape index (κ2) is 5.46. The largest absolute Gasteiger partial charge is 0.377 e. The van der Waals surface area contributed by atoms with Gasteiger partial charge in [0.2, 0.25) is 0 Å². The third-order valence-corrected chi connectivity index (χ3v) is 6.30. The second-order valence-electron chi connectivity index (χ2n) is 6.93. The molecule has 0 aromatic heterocycles. The van der Waals surface area contributed by atoms with E-state index in [-0.39, 0.29) is 0 Å². The summed E-state index contributed by atoms with van der Waals surface area (Å²) in [5, 5.41) is 1.06. The summed E-state index contributed by atoms with van der Waals surface area (Å²) in [5.41, 5.74) is 6.13. The van der Waals surface area contributed by atoms with E-state index in [9.17, 15) is 0 Å². The lowest BCUT2D eigenvalue weighted by Gasteiger charge is -2.34. The summed E-state index contributed by atoms with van der Waals surface area (Å²) in [6.07, 6.45) is 5.57. The highest BCUT2D eigenvalue weighted by molar-refractivity contribution is 9.09. The average Bonchev–Trinajstić information content (AvgIpc) is 3.15. The van der Waals surface area contributed by atoms with E-state index in [1.54, 1.807) is 5.56 Å². The normalized spacial score (nSPS) is 29.9. The van der Waals surface area contributed by atoms with E-state index >= 15 is 0 Å². The highest BCUT2D eigenvalue weighted by atomic mass is 79.9. The molecule has 20 heavy (non-hydrogen) atoms. The average molecular weight is 337 g/mol. The first-order valence-corrected chi connectivity index (χ1v) is 8.92. The number of benzene rings is 1. The zero-order valence-electron chi connectivity index (χ0n) is 12.8. The zero-order chi connectivity index (χ0) is 14.3. The molecule has 2 atom stereocenters. The molecule has 0 bridgehead atoms. The molecule has 2 fully saturated rings. The molecule has 2 heteroatoms. The van der Waals surface area contributed by atoms with Crippen LogP contribution < -0.4 is 0 Å². The van der Waals surface area contributed by atoms with Crippen LogP contribution in [-0.2, 0) is 11.2 Å². The van der Waals surface area contributed by atoms with Gasteiger partial charge in [0.15, 0.2) is 0 Å². The molecular formula is C18H25BrO. The molecule has 2 unspecified atom stereocenters. The Morgan fingerprint density at radius 1 is 1.20 bits per heavy atom. The molecule has 1 saturated carbocycles. The van der Waals surface area contributed by atoms with Crippen LogP contribution in [0.2, 0.25) is 0 Å².